The zero-order chi connectivity index (χ0) is 19.3. The highest BCUT2D eigenvalue weighted by Crippen LogP contribution is 2.30. The van der Waals surface area contributed by atoms with Crippen molar-refractivity contribution in [3.8, 4) is 16.4 Å². The predicted molar refractivity (Wildman–Crippen MR) is 112 cm³/mol. The van der Waals surface area contributed by atoms with Gasteiger partial charge >= 0.3 is 0 Å². The van der Waals surface area contributed by atoms with Crippen LogP contribution in [-0.2, 0) is 4.79 Å². The highest BCUT2D eigenvalue weighted by Gasteiger charge is 2.18. The fourth-order valence-electron chi connectivity index (χ4n) is 2.50. The van der Waals surface area contributed by atoms with Crippen molar-refractivity contribution in [3.63, 3.8) is 0 Å². The van der Waals surface area contributed by atoms with E-state index in [2.05, 4.69) is 15.5 Å². The van der Waals surface area contributed by atoms with Crippen LogP contribution in [0.1, 0.15) is 9.67 Å². The molecule has 0 radical (unpaired) electrons. The van der Waals surface area contributed by atoms with Crippen LogP contribution in [0.2, 0.25) is 0 Å². The van der Waals surface area contributed by atoms with Crippen molar-refractivity contribution in [2.24, 2.45) is 0 Å². The van der Waals surface area contributed by atoms with E-state index in [1.807, 2.05) is 52.4 Å². The van der Waals surface area contributed by atoms with Crippen LogP contribution in [0.25, 0.3) is 16.4 Å². The molecule has 0 aliphatic rings. The maximum atomic E-state index is 12.2. The first-order valence-electron chi connectivity index (χ1n) is 8.27. The minimum absolute atomic E-state index is 0.0620. The number of imide groups is 1. The van der Waals surface area contributed by atoms with Gasteiger partial charge in [-0.25, -0.2) is 0 Å². The Kier molecular flexibility index (Phi) is 5.65. The molecule has 0 bridgehead atoms. The zero-order valence-corrected chi connectivity index (χ0v) is 16.9. The van der Waals surface area contributed by atoms with Gasteiger partial charge in [-0.15, -0.1) is 32.9 Å². The van der Waals surface area contributed by atoms with Gasteiger partial charge in [-0.1, -0.05) is 42.1 Å². The number of hydrogen-bond acceptors (Lipinski definition) is 7. The van der Waals surface area contributed by atoms with Gasteiger partial charge in [0.15, 0.2) is 11.0 Å². The molecule has 4 aromatic rings. The van der Waals surface area contributed by atoms with Crippen LogP contribution in [0.5, 0.6) is 0 Å². The second-order valence-electron chi connectivity index (χ2n) is 5.60. The third-order valence-electron chi connectivity index (χ3n) is 3.72. The molecule has 1 aromatic carbocycles. The summed E-state index contributed by atoms with van der Waals surface area (Å²) in [5.74, 6) is 0.0267. The summed E-state index contributed by atoms with van der Waals surface area (Å²) in [7, 11) is 0. The minimum Gasteiger partial charge on any atom is -0.291 e. The van der Waals surface area contributed by atoms with Crippen molar-refractivity contribution >= 4 is 46.2 Å². The summed E-state index contributed by atoms with van der Waals surface area (Å²) in [5.41, 5.74) is 0.911. The summed E-state index contributed by atoms with van der Waals surface area (Å²) in [5, 5.41) is 15.4. The number of aromatic nitrogens is 3. The zero-order valence-electron chi connectivity index (χ0n) is 14.4. The van der Waals surface area contributed by atoms with Crippen LogP contribution < -0.4 is 5.32 Å². The molecule has 140 valence electrons. The molecule has 1 N–H and O–H groups in total. The van der Waals surface area contributed by atoms with Crippen molar-refractivity contribution < 1.29 is 9.59 Å². The Morgan fingerprint density at radius 3 is 2.46 bits per heavy atom. The Balaban J connectivity index is 1.53. The summed E-state index contributed by atoms with van der Waals surface area (Å²) in [6.07, 6.45) is 0. The Hall–Kier alpha value is -2.75. The number of nitrogens with zero attached hydrogens (tertiary/aromatic N) is 3. The molecule has 0 atom stereocenters. The lowest BCUT2D eigenvalue weighted by Gasteiger charge is -2.09. The summed E-state index contributed by atoms with van der Waals surface area (Å²) in [4.78, 5) is 25.7. The molecule has 3 aromatic heterocycles. The first-order valence-corrected chi connectivity index (χ1v) is 11.0. The minimum atomic E-state index is -0.385. The molecule has 0 saturated carbocycles. The monoisotopic (exact) mass is 426 g/mol. The lowest BCUT2D eigenvalue weighted by Crippen LogP contribution is -2.31. The smallest absolute Gasteiger partial charge is 0.267 e. The highest BCUT2D eigenvalue weighted by molar-refractivity contribution is 7.99. The molecule has 4 rings (SSSR count). The van der Waals surface area contributed by atoms with Gasteiger partial charge in [0.2, 0.25) is 5.91 Å². The summed E-state index contributed by atoms with van der Waals surface area (Å²) >= 11 is 4.11. The van der Waals surface area contributed by atoms with Crippen LogP contribution in [-0.4, -0.2) is 32.3 Å². The van der Waals surface area contributed by atoms with Crippen molar-refractivity contribution in [1.29, 1.82) is 0 Å². The largest absolute Gasteiger partial charge is 0.291 e. The van der Waals surface area contributed by atoms with E-state index in [1.54, 1.807) is 28.8 Å². The van der Waals surface area contributed by atoms with Gasteiger partial charge in [-0.2, -0.15) is 0 Å². The van der Waals surface area contributed by atoms with E-state index in [0.29, 0.717) is 10.0 Å². The number of nitrogens with one attached hydrogen (secondary N) is 1. The quantitative estimate of drug-likeness (QED) is 0.470. The van der Waals surface area contributed by atoms with E-state index in [9.17, 15) is 9.59 Å². The lowest BCUT2D eigenvalue weighted by atomic mass is 10.3. The van der Waals surface area contributed by atoms with Gasteiger partial charge in [-0.3, -0.25) is 19.5 Å². The standard InChI is InChI=1S/C19H14N4O2S3/c24-16(20-18(25)15-9-5-11-27-15)12-28-19-22-21-17(14-8-4-10-26-14)23(19)13-6-2-1-3-7-13/h1-11H,12H2,(H,20,24,25). The van der Waals surface area contributed by atoms with Crippen LogP contribution in [0, 0.1) is 0 Å². The number of para-hydroxylation sites is 1. The number of carbonyl (C=O) groups excluding carboxylic acids is 2. The molecular weight excluding hydrogens is 412 g/mol. The molecule has 28 heavy (non-hydrogen) atoms. The SMILES string of the molecule is O=C(CSc1nnc(-c2cccs2)n1-c1ccccc1)NC(=O)c1cccs1. The van der Waals surface area contributed by atoms with Crippen molar-refractivity contribution in [3.05, 3.63) is 70.2 Å². The average molecular weight is 427 g/mol. The number of thiophene rings is 2. The molecule has 0 saturated heterocycles. The van der Waals surface area contributed by atoms with Crippen molar-refractivity contribution in [2.75, 3.05) is 5.75 Å². The van der Waals surface area contributed by atoms with Gasteiger partial charge in [0.1, 0.15) is 0 Å². The normalized spacial score (nSPS) is 10.7. The molecule has 6 nitrogen and oxygen atoms in total. The predicted octanol–water partition coefficient (Wildman–Crippen LogP) is 4.11. The lowest BCUT2D eigenvalue weighted by molar-refractivity contribution is -0.117. The molecule has 0 unspecified atom stereocenters. The summed E-state index contributed by atoms with van der Waals surface area (Å²) < 4.78 is 1.92. The van der Waals surface area contributed by atoms with Gasteiger partial charge in [0, 0.05) is 5.69 Å². The third-order valence-corrected chi connectivity index (χ3v) is 6.38. The van der Waals surface area contributed by atoms with Crippen LogP contribution in [0.15, 0.2) is 70.5 Å². The molecule has 2 amide bonds. The van der Waals surface area contributed by atoms with E-state index in [1.165, 1.54) is 23.1 Å². The Morgan fingerprint density at radius 2 is 1.75 bits per heavy atom. The number of benzene rings is 1. The molecule has 9 heteroatoms. The molecular formula is C19H14N4O2S3. The summed E-state index contributed by atoms with van der Waals surface area (Å²) in [6, 6.07) is 17.1. The molecule has 0 fully saturated rings. The molecule has 0 aliphatic carbocycles. The first-order chi connectivity index (χ1) is 13.7. The van der Waals surface area contributed by atoms with Crippen molar-refractivity contribution in [1.82, 2.24) is 20.1 Å². The Labute approximate surface area is 173 Å². The van der Waals surface area contributed by atoms with Gasteiger partial charge < -0.3 is 0 Å². The third kappa shape index (κ3) is 4.06. The molecule has 0 aliphatic heterocycles. The number of rotatable bonds is 6. The fourth-order valence-corrected chi connectivity index (χ4v) is 4.57. The highest BCUT2D eigenvalue weighted by atomic mass is 32.2. The molecule has 3 heterocycles. The number of hydrogen-bond donors (Lipinski definition) is 1. The average Bonchev–Trinajstić information content (AvgIpc) is 3.48. The van der Waals surface area contributed by atoms with Crippen LogP contribution >= 0.6 is 34.4 Å². The number of amides is 2. The van der Waals surface area contributed by atoms with Crippen molar-refractivity contribution in [2.45, 2.75) is 5.16 Å². The number of thioether (sulfide) groups is 1. The van der Waals surface area contributed by atoms with E-state index < -0.39 is 0 Å². The van der Waals surface area contributed by atoms with E-state index in [-0.39, 0.29) is 17.6 Å². The fraction of sp³-hybridized carbons (Fsp3) is 0.0526. The second kappa shape index (κ2) is 8.51. The first kappa shape index (κ1) is 18.6. The van der Waals surface area contributed by atoms with Gasteiger partial charge in [0.05, 0.1) is 15.5 Å². The Bertz CT molecular complexity index is 1070. The maximum Gasteiger partial charge on any atom is 0.267 e. The number of carbonyl (C=O) groups is 2. The van der Waals surface area contributed by atoms with Crippen LogP contribution in [0.4, 0.5) is 0 Å². The maximum absolute atomic E-state index is 12.2. The molecule has 0 spiro atoms. The topological polar surface area (TPSA) is 76.9 Å². The van der Waals surface area contributed by atoms with Gasteiger partial charge in [0.25, 0.3) is 5.91 Å². The van der Waals surface area contributed by atoms with E-state index in [0.717, 1.165) is 16.4 Å². The Morgan fingerprint density at radius 1 is 0.964 bits per heavy atom. The van der Waals surface area contributed by atoms with Crippen LogP contribution in [0.3, 0.4) is 0 Å². The van der Waals surface area contributed by atoms with Gasteiger partial charge in [-0.05, 0) is 35.0 Å². The summed E-state index contributed by atoms with van der Waals surface area (Å²) in [6.45, 7) is 0. The van der Waals surface area contributed by atoms with E-state index in [4.69, 9.17) is 0 Å². The second-order valence-corrected chi connectivity index (χ2v) is 8.44. The van der Waals surface area contributed by atoms with E-state index >= 15 is 0 Å².